The highest BCUT2D eigenvalue weighted by Gasteiger charge is 2.10. The molecule has 0 radical (unpaired) electrons. The van der Waals surface area contributed by atoms with Gasteiger partial charge in [-0.3, -0.25) is 9.59 Å². The summed E-state index contributed by atoms with van der Waals surface area (Å²) in [5, 5.41) is 2.78. The van der Waals surface area contributed by atoms with E-state index in [0.29, 0.717) is 30.2 Å². The Morgan fingerprint density at radius 3 is 2.52 bits per heavy atom. The zero-order valence-electron chi connectivity index (χ0n) is 15.6. The second-order valence-corrected chi connectivity index (χ2v) is 5.97. The first-order valence-corrected chi connectivity index (χ1v) is 9.02. The number of Topliss-reactive ketones (excluding diaryl/α,β-unsaturated/α-hetero) is 1. The maximum absolute atomic E-state index is 12.2. The van der Waals surface area contributed by atoms with E-state index in [-0.39, 0.29) is 24.5 Å². The summed E-state index contributed by atoms with van der Waals surface area (Å²) < 4.78 is 10.9. The molecular weight excluding hydrogens is 342 g/mol. The minimum atomic E-state index is -0.216. The van der Waals surface area contributed by atoms with Gasteiger partial charge in [-0.25, -0.2) is 0 Å². The second kappa shape index (κ2) is 10.8. The average molecular weight is 367 g/mol. The van der Waals surface area contributed by atoms with Gasteiger partial charge in [-0.1, -0.05) is 25.6 Å². The number of ketones is 1. The molecule has 0 saturated carbocycles. The van der Waals surface area contributed by atoms with Crippen LogP contribution in [0.15, 0.2) is 61.2 Å². The molecular formula is C22H25NO4. The van der Waals surface area contributed by atoms with Crippen LogP contribution in [0.4, 0.5) is 5.69 Å². The van der Waals surface area contributed by atoms with Crippen molar-refractivity contribution in [3.8, 4) is 11.5 Å². The van der Waals surface area contributed by atoms with E-state index in [1.807, 2.05) is 6.92 Å². The van der Waals surface area contributed by atoms with Crippen LogP contribution in [0.25, 0.3) is 0 Å². The van der Waals surface area contributed by atoms with Crippen LogP contribution in [-0.2, 0) is 4.79 Å². The summed E-state index contributed by atoms with van der Waals surface area (Å²) in [7, 11) is 0. The van der Waals surface area contributed by atoms with Crippen LogP contribution in [0.1, 0.15) is 36.5 Å². The van der Waals surface area contributed by atoms with Crippen LogP contribution in [0.3, 0.4) is 0 Å². The van der Waals surface area contributed by atoms with Crippen molar-refractivity contribution in [3.63, 3.8) is 0 Å². The van der Waals surface area contributed by atoms with Crippen LogP contribution < -0.4 is 14.8 Å². The average Bonchev–Trinajstić information content (AvgIpc) is 2.69. The molecule has 0 fully saturated rings. The molecule has 0 aromatic heterocycles. The summed E-state index contributed by atoms with van der Waals surface area (Å²) in [6.07, 6.45) is 2.84. The molecule has 1 amide bonds. The Hall–Kier alpha value is -3.08. The summed E-state index contributed by atoms with van der Waals surface area (Å²) in [4.78, 5) is 24.4. The molecule has 0 bridgehead atoms. The Kier molecular flexibility index (Phi) is 8.10. The number of rotatable bonds is 11. The highest BCUT2D eigenvalue weighted by molar-refractivity contribution is 6.00. The van der Waals surface area contributed by atoms with Crippen LogP contribution in [0.5, 0.6) is 11.5 Å². The minimum absolute atomic E-state index is 0.0738. The quantitative estimate of drug-likeness (QED) is 0.464. The number of nitrogens with one attached hydrogen (secondary N) is 1. The molecule has 0 atom stereocenters. The van der Waals surface area contributed by atoms with E-state index in [2.05, 4.69) is 11.9 Å². The first kappa shape index (κ1) is 20.2. The molecule has 27 heavy (non-hydrogen) atoms. The van der Waals surface area contributed by atoms with Crippen molar-refractivity contribution in [1.29, 1.82) is 0 Å². The number of carbonyl (C=O) groups is 2. The summed E-state index contributed by atoms with van der Waals surface area (Å²) in [6.45, 7) is 6.67. The van der Waals surface area contributed by atoms with E-state index in [9.17, 15) is 9.59 Å². The molecule has 2 rings (SSSR count). The first-order valence-electron chi connectivity index (χ1n) is 9.02. The standard InChI is InChI=1S/C22H25NO4/c1-3-14-26-19-10-8-17(9-11-19)21(24)12-13-22(25)23-18-6-5-7-20(16-18)27-15-4-2/h4-11,16H,2-3,12-15H2,1H3,(H,23,25). The molecule has 0 spiro atoms. The zero-order valence-corrected chi connectivity index (χ0v) is 15.6. The summed E-state index contributed by atoms with van der Waals surface area (Å²) in [6, 6.07) is 14.1. The molecule has 0 aliphatic rings. The molecule has 0 saturated heterocycles. The third-order valence-corrected chi connectivity index (χ3v) is 3.71. The van der Waals surface area contributed by atoms with E-state index < -0.39 is 0 Å². The first-order chi connectivity index (χ1) is 13.1. The lowest BCUT2D eigenvalue weighted by atomic mass is 10.1. The normalized spacial score (nSPS) is 10.1. The van der Waals surface area contributed by atoms with Crippen LogP contribution in [0, 0.1) is 0 Å². The molecule has 142 valence electrons. The lowest BCUT2D eigenvalue weighted by molar-refractivity contribution is -0.116. The zero-order chi connectivity index (χ0) is 19.5. The van der Waals surface area contributed by atoms with Gasteiger partial charge in [0.15, 0.2) is 5.78 Å². The summed E-state index contributed by atoms with van der Waals surface area (Å²) >= 11 is 0. The third-order valence-electron chi connectivity index (χ3n) is 3.71. The third kappa shape index (κ3) is 6.98. The Balaban J connectivity index is 1.82. The SMILES string of the molecule is C=CCOc1cccc(NC(=O)CCC(=O)c2ccc(OCCC)cc2)c1. The van der Waals surface area contributed by atoms with E-state index in [0.717, 1.165) is 12.2 Å². The van der Waals surface area contributed by atoms with Gasteiger partial charge < -0.3 is 14.8 Å². The predicted octanol–water partition coefficient (Wildman–Crippen LogP) is 4.64. The highest BCUT2D eigenvalue weighted by Crippen LogP contribution is 2.18. The smallest absolute Gasteiger partial charge is 0.224 e. The Bertz CT molecular complexity index is 768. The maximum Gasteiger partial charge on any atom is 0.224 e. The van der Waals surface area contributed by atoms with Crippen molar-refractivity contribution in [1.82, 2.24) is 0 Å². The summed E-state index contributed by atoms with van der Waals surface area (Å²) in [5.41, 5.74) is 1.21. The molecule has 0 aliphatic carbocycles. The number of carbonyl (C=O) groups excluding carboxylic acids is 2. The van der Waals surface area contributed by atoms with Gasteiger partial charge in [0.2, 0.25) is 5.91 Å². The molecule has 2 aromatic carbocycles. The van der Waals surface area contributed by atoms with Gasteiger partial charge in [0, 0.05) is 30.2 Å². The Morgan fingerprint density at radius 1 is 1.04 bits per heavy atom. The van der Waals surface area contributed by atoms with Crippen molar-refractivity contribution in [2.24, 2.45) is 0 Å². The van der Waals surface area contributed by atoms with Gasteiger partial charge in [0.25, 0.3) is 0 Å². The molecule has 5 nitrogen and oxygen atoms in total. The molecule has 2 aromatic rings. The lowest BCUT2D eigenvalue weighted by Crippen LogP contribution is -2.13. The molecule has 0 heterocycles. The van der Waals surface area contributed by atoms with Crippen LogP contribution in [-0.4, -0.2) is 24.9 Å². The van der Waals surface area contributed by atoms with Crippen molar-refractivity contribution in [2.45, 2.75) is 26.2 Å². The van der Waals surface area contributed by atoms with E-state index in [1.54, 1.807) is 54.6 Å². The predicted molar refractivity (Wildman–Crippen MR) is 107 cm³/mol. The monoisotopic (exact) mass is 367 g/mol. The molecule has 1 N–H and O–H groups in total. The van der Waals surface area contributed by atoms with Gasteiger partial charge in [0.05, 0.1) is 6.61 Å². The Labute approximate surface area is 160 Å². The fraction of sp³-hybridized carbons (Fsp3) is 0.273. The fourth-order valence-electron chi connectivity index (χ4n) is 2.37. The minimum Gasteiger partial charge on any atom is -0.494 e. The lowest BCUT2D eigenvalue weighted by Gasteiger charge is -2.08. The van der Waals surface area contributed by atoms with Gasteiger partial charge in [-0.2, -0.15) is 0 Å². The highest BCUT2D eigenvalue weighted by atomic mass is 16.5. The fourth-order valence-corrected chi connectivity index (χ4v) is 2.37. The number of amides is 1. The van der Waals surface area contributed by atoms with Gasteiger partial charge in [0.1, 0.15) is 18.1 Å². The second-order valence-electron chi connectivity index (χ2n) is 5.97. The van der Waals surface area contributed by atoms with Crippen LogP contribution in [0.2, 0.25) is 0 Å². The maximum atomic E-state index is 12.2. The van der Waals surface area contributed by atoms with Crippen molar-refractivity contribution < 1.29 is 19.1 Å². The van der Waals surface area contributed by atoms with Gasteiger partial charge in [-0.15, -0.1) is 0 Å². The largest absolute Gasteiger partial charge is 0.494 e. The Morgan fingerprint density at radius 2 is 1.81 bits per heavy atom. The molecule has 5 heteroatoms. The van der Waals surface area contributed by atoms with Gasteiger partial charge in [-0.05, 0) is 42.8 Å². The number of benzene rings is 2. The van der Waals surface area contributed by atoms with Crippen molar-refractivity contribution in [3.05, 3.63) is 66.7 Å². The number of hydrogen-bond acceptors (Lipinski definition) is 4. The number of hydrogen-bond donors (Lipinski definition) is 1. The number of ether oxygens (including phenoxy) is 2. The van der Waals surface area contributed by atoms with Crippen LogP contribution >= 0.6 is 0 Å². The van der Waals surface area contributed by atoms with E-state index in [4.69, 9.17) is 9.47 Å². The topological polar surface area (TPSA) is 64.6 Å². The number of anilines is 1. The van der Waals surface area contributed by atoms with Crippen molar-refractivity contribution in [2.75, 3.05) is 18.5 Å². The molecule has 0 unspecified atom stereocenters. The summed E-state index contributed by atoms with van der Waals surface area (Å²) in [5.74, 6) is 1.10. The molecule has 0 aliphatic heterocycles. The van der Waals surface area contributed by atoms with E-state index in [1.165, 1.54) is 0 Å². The van der Waals surface area contributed by atoms with Gasteiger partial charge >= 0.3 is 0 Å². The van der Waals surface area contributed by atoms with E-state index >= 15 is 0 Å². The van der Waals surface area contributed by atoms with Crippen molar-refractivity contribution >= 4 is 17.4 Å².